The van der Waals surface area contributed by atoms with E-state index in [0.717, 1.165) is 60.6 Å². The highest BCUT2D eigenvalue weighted by Gasteiger charge is 2.24. The molecule has 0 atom stereocenters. The lowest BCUT2D eigenvalue weighted by molar-refractivity contribution is -0.127. The monoisotopic (exact) mass is 549 g/mol. The third kappa shape index (κ3) is 5.48. The van der Waals surface area contributed by atoms with E-state index < -0.39 is 0 Å². The topological polar surface area (TPSA) is 102 Å². The van der Waals surface area contributed by atoms with Gasteiger partial charge in [-0.25, -0.2) is 15.0 Å². The van der Waals surface area contributed by atoms with Crippen molar-refractivity contribution < 1.29 is 4.79 Å². The summed E-state index contributed by atoms with van der Waals surface area (Å²) in [6, 6.07) is 15.5. The van der Waals surface area contributed by atoms with Crippen molar-refractivity contribution in [3.8, 4) is 17.1 Å². The molecule has 3 aliphatic rings. The number of nitrogens with two attached hydrogens (primary N) is 1. The Morgan fingerprint density at radius 3 is 2.54 bits per heavy atom. The minimum Gasteiger partial charge on any atom is -0.383 e. The molecule has 8 heteroatoms. The second kappa shape index (κ2) is 11.8. The molecule has 7 rings (SSSR count). The zero-order valence-corrected chi connectivity index (χ0v) is 23.9. The highest BCUT2D eigenvalue weighted by atomic mass is 16.2. The van der Waals surface area contributed by atoms with Crippen LogP contribution in [0.4, 0.5) is 5.82 Å². The third-order valence-electron chi connectivity index (χ3n) is 8.86. The Labute approximate surface area is 241 Å². The lowest BCUT2D eigenvalue weighted by atomic mass is 9.83. The Hall–Kier alpha value is -4.04. The number of hydrogen-bond acceptors (Lipinski definition) is 6. The summed E-state index contributed by atoms with van der Waals surface area (Å²) in [5, 5.41) is 3.22. The van der Waals surface area contributed by atoms with Crippen LogP contribution in [0.25, 0.3) is 28.2 Å². The fourth-order valence-corrected chi connectivity index (χ4v) is 6.15. The number of amides is 1. The standard InChI is InChI=1S/C24H23N5.C9H16N2O/c25-22-19(8-3-13-26-22)23-28-21-12-11-20(16-5-2-6-16)27-24(21)29(23)18-10-9-15-4-1-7-17(15)14-18;1-3-9(12)11-6-4-8(10-2)5-7-11/h3,8-14,16H,1-2,4-7H2,(H2,25,26);3,8,10H,1,4-7H2,2H3. The van der Waals surface area contributed by atoms with Gasteiger partial charge in [-0.3, -0.25) is 9.36 Å². The molecule has 1 saturated carbocycles. The van der Waals surface area contributed by atoms with Gasteiger partial charge in [0.2, 0.25) is 5.91 Å². The van der Waals surface area contributed by atoms with Crippen LogP contribution in [0, 0.1) is 0 Å². The molecule has 2 aliphatic carbocycles. The smallest absolute Gasteiger partial charge is 0.245 e. The zero-order chi connectivity index (χ0) is 28.3. The number of aryl methyl sites for hydroxylation is 2. The number of anilines is 1. The first kappa shape index (κ1) is 27.1. The Kier molecular flexibility index (Phi) is 7.83. The van der Waals surface area contributed by atoms with Gasteiger partial charge in [-0.05, 0) is 106 Å². The van der Waals surface area contributed by atoms with E-state index in [0.29, 0.717) is 17.8 Å². The van der Waals surface area contributed by atoms with Crippen molar-refractivity contribution in [1.82, 2.24) is 29.7 Å². The fraction of sp³-hybridized carbons (Fsp3) is 0.394. The Morgan fingerprint density at radius 1 is 1.02 bits per heavy atom. The molecular weight excluding hydrogens is 510 g/mol. The van der Waals surface area contributed by atoms with Gasteiger partial charge in [0.25, 0.3) is 0 Å². The predicted octanol–water partition coefficient (Wildman–Crippen LogP) is 5.20. The molecule has 1 aliphatic heterocycles. The Morgan fingerprint density at radius 2 is 1.83 bits per heavy atom. The number of likely N-dealkylation sites (tertiary alicyclic amines) is 1. The minimum atomic E-state index is 0.0598. The van der Waals surface area contributed by atoms with Gasteiger partial charge in [-0.15, -0.1) is 0 Å². The van der Waals surface area contributed by atoms with Gasteiger partial charge in [0.15, 0.2) is 11.5 Å². The Balaban J connectivity index is 0.000000213. The van der Waals surface area contributed by atoms with E-state index in [2.05, 4.69) is 51.8 Å². The van der Waals surface area contributed by atoms with Crippen LogP contribution < -0.4 is 11.1 Å². The van der Waals surface area contributed by atoms with Gasteiger partial charge < -0.3 is 16.0 Å². The number of imidazole rings is 1. The number of fused-ring (bicyclic) bond motifs is 2. The van der Waals surface area contributed by atoms with Crippen LogP contribution in [0.5, 0.6) is 0 Å². The maximum absolute atomic E-state index is 11.1. The molecule has 1 saturated heterocycles. The van der Waals surface area contributed by atoms with Gasteiger partial charge in [-0.2, -0.15) is 0 Å². The van der Waals surface area contributed by atoms with Crippen LogP contribution in [0.2, 0.25) is 0 Å². The summed E-state index contributed by atoms with van der Waals surface area (Å²) in [6.07, 6.45) is 12.5. The first-order chi connectivity index (χ1) is 20.1. The maximum Gasteiger partial charge on any atom is 0.245 e. The molecular formula is C33H39N7O. The van der Waals surface area contributed by atoms with Crippen LogP contribution >= 0.6 is 0 Å². The predicted molar refractivity (Wildman–Crippen MR) is 164 cm³/mol. The third-order valence-corrected chi connectivity index (χ3v) is 8.86. The molecule has 0 radical (unpaired) electrons. The van der Waals surface area contributed by atoms with Crippen LogP contribution in [-0.4, -0.2) is 56.5 Å². The summed E-state index contributed by atoms with van der Waals surface area (Å²) in [6.45, 7) is 5.18. The van der Waals surface area contributed by atoms with E-state index in [1.54, 1.807) is 6.20 Å². The average molecular weight is 550 g/mol. The molecule has 3 N–H and O–H groups in total. The van der Waals surface area contributed by atoms with Gasteiger partial charge in [0.05, 0.1) is 5.56 Å². The average Bonchev–Trinajstić information content (AvgIpc) is 3.60. The normalized spacial score (nSPS) is 17.0. The highest BCUT2D eigenvalue weighted by Crippen LogP contribution is 2.37. The van der Waals surface area contributed by atoms with Crippen molar-refractivity contribution in [3.05, 3.63) is 78.1 Å². The van der Waals surface area contributed by atoms with E-state index in [9.17, 15) is 4.79 Å². The number of nitrogen functional groups attached to an aromatic ring is 1. The Bertz CT molecular complexity index is 1560. The van der Waals surface area contributed by atoms with Crippen molar-refractivity contribution in [2.75, 3.05) is 25.9 Å². The van der Waals surface area contributed by atoms with Crippen LogP contribution in [-0.2, 0) is 17.6 Å². The van der Waals surface area contributed by atoms with Crippen LogP contribution in [0.15, 0.2) is 61.3 Å². The second-order valence-electron chi connectivity index (χ2n) is 11.3. The number of carbonyl (C=O) groups is 1. The molecule has 8 nitrogen and oxygen atoms in total. The van der Waals surface area contributed by atoms with E-state index in [1.165, 1.54) is 55.0 Å². The molecule has 0 unspecified atom stereocenters. The van der Waals surface area contributed by atoms with Gasteiger partial charge >= 0.3 is 0 Å². The van der Waals surface area contributed by atoms with Gasteiger partial charge in [0, 0.05) is 42.6 Å². The van der Waals surface area contributed by atoms with Crippen LogP contribution in [0.1, 0.15) is 61.3 Å². The molecule has 4 heterocycles. The number of aromatic nitrogens is 4. The van der Waals surface area contributed by atoms with Crippen molar-refractivity contribution in [2.24, 2.45) is 0 Å². The van der Waals surface area contributed by atoms with Crippen molar-refractivity contribution in [3.63, 3.8) is 0 Å². The second-order valence-corrected chi connectivity index (χ2v) is 11.3. The van der Waals surface area contributed by atoms with E-state index in [1.807, 2.05) is 24.1 Å². The lowest BCUT2D eigenvalue weighted by Gasteiger charge is -2.30. The molecule has 2 fully saturated rings. The van der Waals surface area contributed by atoms with Gasteiger partial charge in [0.1, 0.15) is 11.3 Å². The van der Waals surface area contributed by atoms with Crippen molar-refractivity contribution in [1.29, 1.82) is 0 Å². The number of piperidine rings is 1. The summed E-state index contributed by atoms with van der Waals surface area (Å²) in [5.74, 6) is 1.94. The molecule has 0 spiro atoms. The first-order valence-corrected chi connectivity index (χ1v) is 14.9. The quantitative estimate of drug-likeness (QED) is 0.332. The molecule has 1 amide bonds. The lowest BCUT2D eigenvalue weighted by Crippen LogP contribution is -2.43. The number of carbonyl (C=O) groups excluding carboxylic acids is 1. The summed E-state index contributed by atoms with van der Waals surface area (Å²) in [5.41, 5.74) is 14.1. The molecule has 212 valence electrons. The van der Waals surface area contributed by atoms with Crippen LogP contribution in [0.3, 0.4) is 0 Å². The summed E-state index contributed by atoms with van der Waals surface area (Å²) >= 11 is 0. The van der Waals surface area contributed by atoms with E-state index in [-0.39, 0.29) is 5.91 Å². The van der Waals surface area contributed by atoms with Gasteiger partial charge in [-0.1, -0.05) is 19.1 Å². The van der Waals surface area contributed by atoms with E-state index >= 15 is 0 Å². The maximum atomic E-state index is 11.1. The molecule has 1 aromatic carbocycles. The summed E-state index contributed by atoms with van der Waals surface area (Å²) in [4.78, 5) is 27.3. The fourth-order valence-electron chi connectivity index (χ4n) is 6.15. The number of pyridine rings is 2. The number of rotatable bonds is 5. The molecule has 3 aromatic heterocycles. The summed E-state index contributed by atoms with van der Waals surface area (Å²) < 4.78 is 2.17. The minimum absolute atomic E-state index is 0.0598. The number of benzene rings is 1. The zero-order valence-electron chi connectivity index (χ0n) is 23.9. The number of hydrogen-bond donors (Lipinski definition) is 2. The highest BCUT2D eigenvalue weighted by molar-refractivity contribution is 5.87. The van der Waals surface area contributed by atoms with Crippen molar-refractivity contribution in [2.45, 2.75) is 63.3 Å². The molecule has 0 bridgehead atoms. The summed E-state index contributed by atoms with van der Waals surface area (Å²) in [7, 11) is 1.97. The molecule has 41 heavy (non-hydrogen) atoms. The number of nitrogens with zero attached hydrogens (tertiary/aromatic N) is 5. The first-order valence-electron chi connectivity index (χ1n) is 14.9. The number of nitrogens with one attached hydrogen (secondary N) is 1. The largest absolute Gasteiger partial charge is 0.383 e. The SMILES string of the molecule is C=CC(=O)N1CCC(NC)CC1.Nc1ncccc1-c1nc2ccc(C3CCC3)nc2n1-c1ccc2c(c1)CCC2. The molecule has 4 aromatic rings. The van der Waals surface area contributed by atoms with E-state index in [4.69, 9.17) is 15.7 Å². The van der Waals surface area contributed by atoms with Crippen molar-refractivity contribution >= 4 is 22.9 Å².